The average Bonchev–Trinajstić information content (AvgIpc) is 1.98. The van der Waals surface area contributed by atoms with Gasteiger partial charge in [-0.3, -0.25) is 4.79 Å². The maximum absolute atomic E-state index is 10.6. The molecule has 0 aromatic rings. The lowest BCUT2D eigenvalue weighted by atomic mass is 10.2. The van der Waals surface area contributed by atoms with Crippen molar-refractivity contribution in [2.24, 2.45) is 0 Å². The molecule has 0 aromatic carbocycles. The van der Waals surface area contributed by atoms with Crippen LogP contribution in [0.5, 0.6) is 0 Å². The van der Waals surface area contributed by atoms with Gasteiger partial charge in [-0.15, -0.1) is 0 Å². The van der Waals surface area contributed by atoms with Crippen LogP contribution < -0.4 is 5.32 Å². The molecule has 0 aliphatic carbocycles. The van der Waals surface area contributed by atoms with Gasteiger partial charge in [0.05, 0.1) is 0 Å². The van der Waals surface area contributed by atoms with Gasteiger partial charge in [0.15, 0.2) is 0 Å². The molecular weight excluding hydrogens is 241 g/mol. The number of hydrogen-bond donors (Lipinski definition) is 1. The van der Waals surface area contributed by atoms with E-state index in [9.17, 15) is 4.79 Å². The molecule has 0 rings (SSSR count). The van der Waals surface area contributed by atoms with E-state index < -0.39 is 0 Å². The first-order chi connectivity index (χ1) is 4.81. The predicted molar refractivity (Wildman–Crippen MR) is 51.1 cm³/mol. The molecule has 1 N–H and O–H groups in total. The summed E-state index contributed by atoms with van der Waals surface area (Å²) < 4.78 is 1.97. The van der Waals surface area contributed by atoms with E-state index in [0.717, 1.165) is 12.8 Å². The lowest BCUT2D eigenvalue weighted by Crippen LogP contribution is -2.16. The molecule has 0 atom stereocenters. The van der Waals surface area contributed by atoms with Gasteiger partial charge >= 0.3 is 0 Å². The Morgan fingerprint density at radius 1 is 1.70 bits per heavy atom. The van der Waals surface area contributed by atoms with E-state index in [1.165, 1.54) is 0 Å². The summed E-state index contributed by atoms with van der Waals surface area (Å²) in [6, 6.07) is 0. The molecule has 58 valence electrons. The zero-order chi connectivity index (χ0) is 7.82. The molecule has 0 bridgehead atoms. The van der Waals surface area contributed by atoms with Crippen molar-refractivity contribution in [2.75, 3.05) is 7.05 Å². The first-order valence-electron chi connectivity index (χ1n) is 3.27. The van der Waals surface area contributed by atoms with Crippen LogP contribution in [-0.4, -0.2) is 13.0 Å². The van der Waals surface area contributed by atoms with Gasteiger partial charge in [0, 0.05) is 13.5 Å². The maximum atomic E-state index is 10.6. The Morgan fingerprint density at radius 3 is 2.90 bits per heavy atom. The van der Waals surface area contributed by atoms with E-state index in [1.54, 1.807) is 7.05 Å². The summed E-state index contributed by atoms with van der Waals surface area (Å²) in [5, 5.41) is 2.58. The second-order valence-corrected chi connectivity index (χ2v) is 2.65. The number of allylic oxidation sites excluding steroid dienone is 1. The third-order valence-corrected chi connectivity index (χ3v) is 1.65. The number of rotatable bonds is 4. The molecular formula is C7H12INO. The number of amides is 1. The lowest BCUT2D eigenvalue weighted by molar-refractivity contribution is -0.120. The van der Waals surface area contributed by atoms with E-state index in [2.05, 4.69) is 34.0 Å². The van der Waals surface area contributed by atoms with Crippen LogP contribution in [0.4, 0.5) is 0 Å². The first kappa shape index (κ1) is 9.94. The molecule has 0 saturated carbocycles. The summed E-state index contributed by atoms with van der Waals surface area (Å²) in [6.45, 7) is 0. The molecule has 1 amide bonds. The number of carbonyl (C=O) groups is 1. The van der Waals surface area contributed by atoms with Crippen LogP contribution in [0.2, 0.25) is 0 Å². The zero-order valence-electron chi connectivity index (χ0n) is 6.06. The highest BCUT2D eigenvalue weighted by Crippen LogP contribution is 1.97. The molecule has 3 heteroatoms. The maximum Gasteiger partial charge on any atom is 0.219 e. The fraction of sp³-hybridized carbons (Fsp3) is 0.571. The number of nitrogens with one attached hydrogen (secondary N) is 1. The Balaban J connectivity index is 3.11. The van der Waals surface area contributed by atoms with Gasteiger partial charge in [0.2, 0.25) is 5.91 Å². The SMILES string of the molecule is CNC(=O)CCC/C=C\I. The fourth-order valence-electron chi connectivity index (χ4n) is 0.568. The van der Waals surface area contributed by atoms with Gasteiger partial charge in [-0.05, 0) is 16.9 Å². The van der Waals surface area contributed by atoms with Gasteiger partial charge in [-0.25, -0.2) is 0 Å². The molecule has 0 aromatic heterocycles. The normalized spacial score (nSPS) is 10.2. The Bertz CT molecular complexity index is 123. The average molecular weight is 253 g/mol. The van der Waals surface area contributed by atoms with Crippen molar-refractivity contribution in [3.05, 3.63) is 10.2 Å². The smallest absolute Gasteiger partial charge is 0.219 e. The molecule has 2 nitrogen and oxygen atoms in total. The van der Waals surface area contributed by atoms with Crippen molar-refractivity contribution in [3.8, 4) is 0 Å². The highest BCUT2D eigenvalue weighted by Gasteiger charge is 1.93. The van der Waals surface area contributed by atoms with Crippen molar-refractivity contribution >= 4 is 28.5 Å². The monoisotopic (exact) mass is 253 g/mol. The van der Waals surface area contributed by atoms with Crippen LogP contribution in [0.1, 0.15) is 19.3 Å². The van der Waals surface area contributed by atoms with E-state index in [-0.39, 0.29) is 5.91 Å². The molecule has 0 aliphatic rings. The quantitative estimate of drug-likeness (QED) is 0.601. The predicted octanol–water partition coefficient (Wildman–Crippen LogP) is 1.85. The van der Waals surface area contributed by atoms with Gasteiger partial charge in [-0.2, -0.15) is 0 Å². The highest BCUT2D eigenvalue weighted by atomic mass is 127. The van der Waals surface area contributed by atoms with Crippen LogP contribution in [0, 0.1) is 0 Å². The third kappa shape index (κ3) is 6.07. The van der Waals surface area contributed by atoms with Crippen molar-refractivity contribution in [2.45, 2.75) is 19.3 Å². The summed E-state index contributed by atoms with van der Waals surface area (Å²) in [4.78, 5) is 10.6. The Hall–Kier alpha value is -0.0600. The number of halogens is 1. The molecule has 10 heavy (non-hydrogen) atoms. The summed E-state index contributed by atoms with van der Waals surface area (Å²) in [6.07, 6.45) is 4.64. The van der Waals surface area contributed by atoms with Crippen molar-refractivity contribution in [1.82, 2.24) is 5.32 Å². The number of carbonyl (C=O) groups excluding carboxylic acids is 1. The van der Waals surface area contributed by atoms with E-state index in [4.69, 9.17) is 0 Å². The van der Waals surface area contributed by atoms with Gasteiger partial charge < -0.3 is 5.32 Å². The topological polar surface area (TPSA) is 29.1 Å². The lowest BCUT2D eigenvalue weighted by Gasteiger charge is -1.95. The molecule has 0 unspecified atom stereocenters. The molecule has 0 spiro atoms. The van der Waals surface area contributed by atoms with Gasteiger partial charge in [-0.1, -0.05) is 28.7 Å². The summed E-state index contributed by atoms with van der Waals surface area (Å²) in [5.74, 6) is 0.127. The molecule has 0 fully saturated rings. The first-order valence-corrected chi connectivity index (χ1v) is 4.51. The van der Waals surface area contributed by atoms with Gasteiger partial charge in [0.25, 0.3) is 0 Å². The van der Waals surface area contributed by atoms with E-state index >= 15 is 0 Å². The molecule has 0 radical (unpaired) electrons. The largest absolute Gasteiger partial charge is 0.359 e. The van der Waals surface area contributed by atoms with Crippen molar-refractivity contribution < 1.29 is 4.79 Å². The van der Waals surface area contributed by atoms with Crippen molar-refractivity contribution in [1.29, 1.82) is 0 Å². The van der Waals surface area contributed by atoms with Crippen LogP contribution in [0.3, 0.4) is 0 Å². The second-order valence-electron chi connectivity index (χ2n) is 1.93. The zero-order valence-corrected chi connectivity index (χ0v) is 8.22. The minimum Gasteiger partial charge on any atom is -0.359 e. The highest BCUT2D eigenvalue weighted by molar-refractivity contribution is 14.1. The third-order valence-electron chi connectivity index (χ3n) is 1.14. The Labute approximate surface area is 75.2 Å². The van der Waals surface area contributed by atoms with Crippen LogP contribution in [-0.2, 0) is 4.79 Å². The number of unbranched alkanes of at least 4 members (excludes halogenated alkanes) is 1. The standard InChI is InChI=1S/C7H12INO/c1-9-7(10)5-3-2-4-6-8/h4,6H,2-3,5H2,1H3,(H,9,10)/b6-4-. The van der Waals surface area contributed by atoms with E-state index in [1.807, 2.05) is 4.08 Å². The fourth-order valence-corrected chi connectivity index (χ4v) is 0.928. The van der Waals surface area contributed by atoms with E-state index in [0.29, 0.717) is 6.42 Å². The molecule has 0 saturated heterocycles. The molecule has 0 aliphatic heterocycles. The Kier molecular flexibility index (Phi) is 7.01. The minimum absolute atomic E-state index is 0.127. The second kappa shape index (κ2) is 7.05. The van der Waals surface area contributed by atoms with Crippen LogP contribution in [0.15, 0.2) is 10.2 Å². The minimum atomic E-state index is 0.127. The number of hydrogen-bond acceptors (Lipinski definition) is 1. The van der Waals surface area contributed by atoms with Gasteiger partial charge in [0.1, 0.15) is 0 Å². The summed E-state index contributed by atoms with van der Waals surface area (Å²) in [7, 11) is 1.66. The summed E-state index contributed by atoms with van der Waals surface area (Å²) in [5.41, 5.74) is 0. The van der Waals surface area contributed by atoms with Crippen LogP contribution in [0.25, 0.3) is 0 Å². The van der Waals surface area contributed by atoms with Crippen molar-refractivity contribution in [3.63, 3.8) is 0 Å². The van der Waals surface area contributed by atoms with Crippen LogP contribution >= 0.6 is 22.6 Å². The Morgan fingerprint density at radius 2 is 2.40 bits per heavy atom. The molecule has 0 heterocycles. The summed E-state index contributed by atoms with van der Waals surface area (Å²) >= 11 is 2.17.